The summed E-state index contributed by atoms with van der Waals surface area (Å²) in [7, 11) is 0. The lowest BCUT2D eigenvalue weighted by molar-refractivity contribution is 0.716. The molecule has 0 aromatic carbocycles. The molecule has 0 aliphatic carbocycles. The summed E-state index contributed by atoms with van der Waals surface area (Å²) < 4.78 is 0.313. The molecule has 0 nitrogen and oxygen atoms in total. The second-order valence-electron chi connectivity index (χ2n) is 1.90. The van der Waals surface area contributed by atoms with Gasteiger partial charge in [-0.1, -0.05) is 38.8 Å². The summed E-state index contributed by atoms with van der Waals surface area (Å²) in [6.07, 6.45) is 1.16. The van der Waals surface area contributed by atoms with Crippen molar-refractivity contribution >= 4 is 31.9 Å². The SMILES string of the molecule is CCC(C)(Br)CBr. The third-order valence-corrected chi connectivity index (χ3v) is 3.85. The Morgan fingerprint density at radius 2 is 2.00 bits per heavy atom. The van der Waals surface area contributed by atoms with Crippen molar-refractivity contribution in [2.45, 2.75) is 24.6 Å². The Morgan fingerprint density at radius 1 is 1.57 bits per heavy atom. The minimum absolute atomic E-state index is 0.313. The zero-order valence-corrected chi connectivity index (χ0v) is 7.84. The Balaban J connectivity index is 3.36. The minimum Gasteiger partial charge on any atom is -0.0913 e. The van der Waals surface area contributed by atoms with Gasteiger partial charge in [-0.25, -0.2) is 0 Å². The van der Waals surface area contributed by atoms with Gasteiger partial charge in [-0.2, -0.15) is 0 Å². The molecule has 7 heavy (non-hydrogen) atoms. The summed E-state index contributed by atoms with van der Waals surface area (Å²) in [4.78, 5) is 0. The third-order valence-electron chi connectivity index (χ3n) is 1.02. The number of hydrogen-bond acceptors (Lipinski definition) is 0. The molecule has 0 spiro atoms. The lowest BCUT2D eigenvalue weighted by Crippen LogP contribution is -2.14. The predicted molar refractivity (Wildman–Crippen MR) is 41.4 cm³/mol. The lowest BCUT2D eigenvalue weighted by atomic mass is 10.2. The molecule has 44 valence electrons. The fourth-order valence-corrected chi connectivity index (χ4v) is 0.491. The van der Waals surface area contributed by atoms with Crippen molar-refractivity contribution in [3.05, 3.63) is 0 Å². The van der Waals surface area contributed by atoms with Crippen LogP contribution >= 0.6 is 31.9 Å². The molecule has 0 rings (SSSR count). The molecule has 0 saturated carbocycles. The average Bonchev–Trinajstić information content (AvgIpc) is 1.68. The van der Waals surface area contributed by atoms with Crippen molar-refractivity contribution in [1.82, 2.24) is 0 Å². The van der Waals surface area contributed by atoms with Crippen LogP contribution < -0.4 is 0 Å². The number of halogens is 2. The van der Waals surface area contributed by atoms with E-state index >= 15 is 0 Å². The maximum absolute atomic E-state index is 3.53. The van der Waals surface area contributed by atoms with Crippen LogP contribution in [0.15, 0.2) is 0 Å². The van der Waals surface area contributed by atoms with Gasteiger partial charge >= 0.3 is 0 Å². The Morgan fingerprint density at radius 3 is 2.00 bits per heavy atom. The van der Waals surface area contributed by atoms with E-state index in [9.17, 15) is 0 Å². The molecule has 0 aliphatic heterocycles. The van der Waals surface area contributed by atoms with Crippen LogP contribution in [0.2, 0.25) is 0 Å². The van der Waals surface area contributed by atoms with Crippen molar-refractivity contribution in [3.63, 3.8) is 0 Å². The summed E-state index contributed by atoms with van der Waals surface area (Å²) in [6, 6.07) is 0. The highest BCUT2D eigenvalue weighted by atomic mass is 79.9. The van der Waals surface area contributed by atoms with Crippen molar-refractivity contribution in [2.24, 2.45) is 0 Å². The molecular weight excluding hydrogens is 220 g/mol. The number of rotatable bonds is 2. The second-order valence-corrected chi connectivity index (χ2v) is 4.38. The highest BCUT2D eigenvalue weighted by Gasteiger charge is 2.13. The van der Waals surface area contributed by atoms with E-state index in [1.165, 1.54) is 0 Å². The summed E-state index contributed by atoms with van der Waals surface area (Å²) in [5, 5.41) is 1.02. The van der Waals surface area contributed by atoms with Gasteiger partial charge in [-0.15, -0.1) is 0 Å². The summed E-state index contributed by atoms with van der Waals surface area (Å²) in [6.45, 7) is 4.33. The summed E-state index contributed by atoms with van der Waals surface area (Å²) in [5.74, 6) is 0. The van der Waals surface area contributed by atoms with Gasteiger partial charge in [0.2, 0.25) is 0 Å². The predicted octanol–water partition coefficient (Wildman–Crippen LogP) is 2.94. The summed E-state index contributed by atoms with van der Waals surface area (Å²) in [5.41, 5.74) is 0. The van der Waals surface area contributed by atoms with Gasteiger partial charge < -0.3 is 0 Å². The highest BCUT2D eigenvalue weighted by molar-refractivity contribution is 9.12. The average molecular weight is 230 g/mol. The van der Waals surface area contributed by atoms with E-state index < -0.39 is 0 Å². The zero-order chi connectivity index (χ0) is 5.91. The van der Waals surface area contributed by atoms with Crippen LogP contribution in [-0.2, 0) is 0 Å². The van der Waals surface area contributed by atoms with Crippen LogP contribution in [0.3, 0.4) is 0 Å². The van der Waals surface area contributed by atoms with Gasteiger partial charge in [0, 0.05) is 9.65 Å². The van der Waals surface area contributed by atoms with Crippen molar-refractivity contribution in [3.8, 4) is 0 Å². The normalized spacial score (nSPS) is 18.9. The summed E-state index contributed by atoms with van der Waals surface area (Å²) >= 11 is 6.92. The first-order chi connectivity index (χ1) is 3.12. The molecule has 0 heterocycles. The Labute approximate surface area is 61.9 Å². The molecule has 1 atom stereocenters. The fraction of sp³-hybridized carbons (Fsp3) is 1.00. The van der Waals surface area contributed by atoms with Crippen LogP contribution in [-0.4, -0.2) is 9.65 Å². The molecule has 0 aromatic heterocycles. The van der Waals surface area contributed by atoms with Gasteiger partial charge in [0.1, 0.15) is 0 Å². The first kappa shape index (κ1) is 7.96. The molecule has 0 saturated heterocycles. The molecule has 0 amide bonds. The zero-order valence-electron chi connectivity index (χ0n) is 4.67. The topological polar surface area (TPSA) is 0 Å². The first-order valence-electron chi connectivity index (χ1n) is 2.37. The minimum atomic E-state index is 0.313. The van der Waals surface area contributed by atoms with Crippen molar-refractivity contribution < 1.29 is 0 Å². The molecule has 0 aromatic rings. The van der Waals surface area contributed by atoms with Crippen molar-refractivity contribution in [2.75, 3.05) is 5.33 Å². The molecule has 0 fully saturated rings. The molecule has 0 radical (unpaired) electrons. The number of alkyl halides is 2. The largest absolute Gasteiger partial charge is 0.0913 e. The Bertz CT molecular complexity index is 44.0. The van der Waals surface area contributed by atoms with E-state index in [-0.39, 0.29) is 0 Å². The quantitative estimate of drug-likeness (QED) is 0.639. The fourth-order valence-electron chi connectivity index (χ4n) is 0.0945. The van der Waals surface area contributed by atoms with E-state index in [0.717, 1.165) is 11.8 Å². The van der Waals surface area contributed by atoms with Gasteiger partial charge in [-0.3, -0.25) is 0 Å². The smallest absolute Gasteiger partial charge is 0.0323 e. The van der Waals surface area contributed by atoms with Crippen LogP contribution in [0.1, 0.15) is 20.3 Å². The van der Waals surface area contributed by atoms with Gasteiger partial charge in [0.05, 0.1) is 0 Å². The van der Waals surface area contributed by atoms with Crippen LogP contribution in [0.5, 0.6) is 0 Å². The molecule has 0 aliphatic rings. The van der Waals surface area contributed by atoms with Crippen LogP contribution in [0.25, 0.3) is 0 Å². The van der Waals surface area contributed by atoms with Crippen LogP contribution in [0, 0.1) is 0 Å². The third kappa shape index (κ3) is 3.53. The Hall–Kier alpha value is 0.960. The molecule has 0 N–H and O–H groups in total. The monoisotopic (exact) mass is 228 g/mol. The van der Waals surface area contributed by atoms with E-state index in [0.29, 0.717) is 4.32 Å². The lowest BCUT2D eigenvalue weighted by Gasteiger charge is -2.14. The maximum atomic E-state index is 3.53. The Kier molecular flexibility index (Phi) is 3.50. The van der Waals surface area contributed by atoms with Gasteiger partial charge in [-0.05, 0) is 13.3 Å². The first-order valence-corrected chi connectivity index (χ1v) is 4.28. The molecule has 1 unspecified atom stereocenters. The second kappa shape index (κ2) is 3.08. The van der Waals surface area contributed by atoms with E-state index in [1.807, 2.05) is 0 Å². The molecular formula is C5H10Br2. The van der Waals surface area contributed by atoms with Crippen molar-refractivity contribution in [1.29, 1.82) is 0 Å². The van der Waals surface area contributed by atoms with E-state index in [4.69, 9.17) is 0 Å². The van der Waals surface area contributed by atoms with Gasteiger partial charge in [0.15, 0.2) is 0 Å². The van der Waals surface area contributed by atoms with Crippen LogP contribution in [0.4, 0.5) is 0 Å². The van der Waals surface area contributed by atoms with E-state index in [1.54, 1.807) is 0 Å². The molecule has 2 heteroatoms. The maximum Gasteiger partial charge on any atom is 0.0323 e. The van der Waals surface area contributed by atoms with E-state index in [2.05, 4.69) is 45.7 Å². The standard InChI is InChI=1S/C5H10Br2/c1-3-5(2,7)4-6/h3-4H2,1-2H3. The highest BCUT2D eigenvalue weighted by Crippen LogP contribution is 2.22. The molecule has 0 bridgehead atoms. The van der Waals surface area contributed by atoms with Gasteiger partial charge in [0.25, 0.3) is 0 Å². The number of hydrogen-bond donors (Lipinski definition) is 0.